The molecule has 0 aliphatic carbocycles. The number of nitrogens with one attached hydrogen (secondary N) is 2. The number of hydrogen-bond acceptors (Lipinski definition) is 8. The number of nitrogens with zero attached hydrogens (tertiary/aromatic N) is 2. The summed E-state index contributed by atoms with van der Waals surface area (Å²) in [5.74, 6) is -0.977. The predicted octanol–water partition coefficient (Wildman–Crippen LogP) is 0.715. The van der Waals surface area contributed by atoms with E-state index in [4.69, 9.17) is 13.9 Å². The molecule has 2 fully saturated rings. The monoisotopic (exact) mass is 492 g/mol. The number of carbonyl (C=O) groups is 3. The van der Waals surface area contributed by atoms with Crippen LogP contribution in [0.3, 0.4) is 0 Å². The fourth-order valence-electron chi connectivity index (χ4n) is 3.80. The first-order valence-corrected chi connectivity index (χ1v) is 11.8. The highest BCUT2D eigenvalue weighted by Crippen LogP contribution is 2.31. The molecule has 0 unspecified atom stereocenters. The molecule has 182 valence electrons. The molecule has 0 radical (unpaired) electrons. The number of imide groups is 1. The smallest absolute Gasteiger partial charge is 0.325 e. The molecule has 34 heavy (non-hydrogen) atoms. The SMILES string of the molecule is COc1ccc(NC(=O)CN2C(=O)N[C@](C)(c3ccco3)C2=O)cc1S(=O)(=O)N1CCOCC1. The van der Waals surface area contributed by atoms with Gasteiger partial charge in [0, 0.05) is 18.8 Å². The van der Waals surface area contributed by atoms with E-state index in [2.05, 4.69) is 10.6 Å². The largest absolute Gasteiger partial charge is 0.495 e. The molecule has 2 aliphatic heterocycles. The first-order valence-electron chi connectivity index (χ1n) is 10.4. The Hall–Kier alpha value is -3.42. The lowest BCUT2D eigenvalue weighted by Crippen LogP contribution is -2.42. The van der Waals surface area contributed by atoms with E-state index < -0.39 is 40.0 Å². The average molecular weight is 493 g/mol. The molecule has 13 heteroatoms. The van der Waals surface area contributed by atoms with Gasteiger partial charge in [0.05, 0.1) is 26.6 Å². The van der Waals surface area contributed by atoms with Crippen molar-refractivity contribution in [2.24, 2.45) is 0 Å². The van der Waals surface area contributed by atoms with Crippen molar-refractivity contribution in [3.63, 3.8) is 0 Å². The highest BCUT2D eigenvalue weighted by Gasteiger charge is 2.51. The lowest BCUT2D eigenvalue weighted by atomic mass is 9.99. The molecular weight excluding hydrogens is 468 g/mol. The van der Waals surface area contributed by atoms with Crippen LogP contribution in [0.4, 0.5) is 10.5 Å². The number of ether oxygens (including phenoxy) is 2. The van der Waals surface area contributed by atoms with Gasteiger partial charge in [0.2, 0.25) is 15.9 Å². The molecule has 4 amide bonds. The summed E-state index contributed by atoms with van der Waals surface area (Å²) in [6, 6.07) is 6.56. The minimum atomic E-state index is -3.91. The number of rotatable bonds is 7. The first kappa shape index (κ1) is 23.7. The van der Waals surface area contributed by atoms with Crippen LogP contribution in [0, 0.1) is 0 Å². The Morgan fingerprint density at radius 1 is 1.24 bits per heavy atom. The van der Waals surface area contributed by atoms with E-state index in [-0.39, 0.29) is 48.4 Å². The van der Waals surface area contributed by atoms with Gasteiger partial charge in [0.15, 0.2) is 5.54 Å². The van der Waals surface area contributed by atoms with Gasteiger partial charge in [-0.1, -0.05) is 0 Å². The molecule has 1 aromatic heterocycles. The molecule has 0 bridgehead atoms. The van der Waals surface area contributed by atoms with E-state index in [1.165, 1.54) is 42.8 Å². The summed E-state index contributed by atoms with van der Waals surface area (Å²) in [4.78, 5) is 38.6. The van der Waals surface area contributed by atoms with Crippen molar-refractivity contribution in [1.29, 1.82) is 0 Å². The zero-order valence-electron chi connectivity index (χ0n) is 18.6. The van der Waals surface area contributed by atoms with Gasteiger partial charge in [-0.2, -0.15) is 4.31 Å². The molecule has 0 saturated carbocycles. The van der Waals surface area contributed by atoms with E-state index in [0.29, 0.717) is 0 Å². The number of hydrogen-bond donors (Lipinski definition) is 2. The number of morpholine rings is 1. The third-order valence-corrected chi connectivity index (χ3v) is 7.55. The van der Waals surface area contributed by atoms with Crippen LogP contribution in [0.1, 0.15) is 12.7 Å². The lowest BCUT2D eigenvalue weighted by Gasteiger charge is -2.26. The number of benzene rings is 1. The van der Waals surface area contributed by atoms with Crippen molar-refractivity contribution in [2.45, 2.75) is 17.4 Å². The average Bonchev–Trinajstić information content (AvgIpc) is 3.44. The number of sulfonamides is 1. The Morgan fingerprint density at radius 2 is 1.97 bits per heavy atom. The lowest BCUT2D eigenvalue weighted by molar-refractivity contribution is -0.134. The molecule has 1 aromatic carbocycles. The molecule has 1 atom stereocenters. The van der Waals surface area contributed by atoms with E-state index in [1.807, 2.05) is 0 Å². The second-order valence-electron chi connectivity index (χ2n) is 7.85. The molecule has 3 heterocycles. The molecule has 2 saturated heterocycles. The Bertz CT molecular complexity index is 1210. The van der Waals surface area contributed by atoms with E-state index in [0.717, 1.165) is 4.90 Å². The molecule has 0 spiro atoms. The number of amides is 4. The topological polar surface area (TPSA) is 147 Å². The van der Waals surface area contributed by atoms with Gasteiger partial charge in [0.25, 0.3) is 5.91 Å². The summed E-state index contributed by atoms with van der Waals surface area (Å²) < 4.78 is 43.2. The molecule has 2 aliphatic rings. The van der Waals surface area contributed by atoms with Crippen molar-refractivity contribution in [3.8, 4) is 5.75 Å². The summed E-state index contributed by atoms with van der Waals surface area (Å²) in [6.07, 6.45) is 1.38. The normalized spacial score (nSPS) is 21.4. The van der Waals surface area contributed by atoms with Crippen LogP contribution in [-0.2, 0) is 29.9 Å². The third-order valence-electron chi connectivity index (χ3n) is 5.63. The van der Waals surface area contributed by atoms with E-state index in [9.17, 15) is 22.8 Å². The Morgan fingerprint density at radius 3 is 2.62 bits per heavy atom. The van der Waals surface area contributed by atoms with Crippen molar-refractivity contribution < 1.29 is 36.7 Å². The fraction of sp³-hybridized carbons (Fsp3) is 0.381. The van der Waals surface area contributed by atoms with Gasteiger partial charge in [-0.25, -0.2) is 13.2 Å². The van der Waals surface area contributed by atoms with Crippen molar-refractivity contribution >= 4 is 33.6 Å². The zero-order chi connectivity index (χ0) is 24.5. The van der Waals surface area contributed by atoms with Gasteiger partial charge in [-0.15, -0.1) is 0 Å². The quantitative estimate of drug-likeness (QED) is 0.537. The fourth-order valence-corrected chi connectivity index (χ4v) is 5.39. The van der Waals surface area contributed by atoms with Crippen LogP contribution in [0.25, 0.3) is 0 Å². The molecular formula is C21H24N4O8S. The minimum Gasteiger partial charge on any atom is -0.495 e. The minimum absolute atomic E-state index is 0.116. The predicted molar refractivity (Wildman–Crippen MR) is 118 cm³/mol. The van der Waals surface area contributed by atoms with Crippen LogP contribution >= 0.6 is 0 Å². The summed E-state index contributed by atoms with van der Waals surface area (Å²) in [6.45, 7) is 1.86. The number of anilines is 1. The summed E-state index contributed by atoms with van der Waals surface area (Å²) in [7, 11) is -2.56. The molecule has 4 rings (SSSR count). The van der Waals surface area contributed by atoms with Crippen molar-refractivity contribution in [1.82, 2.24) is 14.5 Å². The number of carbonyl (C=O) groups excluding carboxylic acids is 3. The van der Waals surface area contributed by atoms with Crippen LogP contribution in [0.15, 0.2) is 45.9 Å². The van der Waals surface area contributed by atoms with Gasteiger partial charge in [-0.05, 0) is 37.3 Å². The Labute approximate surface area is 195 Å². The third kappa shape index (κ3) is 4.24. The van der Waals surface area contributed by atoms with E-state index >= 15 is 0 Å². The number of urea groups is 1. The van der Waals surface area contributed by atoms with Gasteiger partial charge in [0.1, 0.15) is 22.9 Å². The standard InChI is InChI=1S/C21H24N4O8S/c1-21(17-4-3-9-33-17)19(27)25(20(28)23-21)13-18(26)22-14-5-6-15(31-2)16(12-14)34(29,30)24-7-10-32-11-8-24/h3-6,9,12H,7-8,10-11,13H2,1-2H3,(H,22,26)(H,23,28)/t21-/m1/s1. The van der Waals surface area contributed by atoms with Crippen LogP contribution in [-0.4, -0.2) is 75.4 Å². The summed E-state index contributed by atoms with van der Waals surface area (Å²) in [5.41, 5.74) is -1.26. The Balaban J connectivity index is 1.51. The number of methoxy groups -OCH3 is 1. The van der Waals surface area contributed by atoms with E-state index in [1.54, 1.807) is 12.1 Å². The first-order chi connectivity index (χ1) is 16.2. The molecule has 12 nitrogen and oxygen atoms in total. The highest BCUT2D eigenvalue weighted by atomic mass is 32.2. The summed E-state index contributed by atoms with van der Waals surface area (Å²) in [5, 5.41) is 5.07. The van der Waals surface area contributed by atoms with Crippen LogP contribution in [0.5, 0.6) is 5.75 Å². The molecule has 2 aromatic rings. The summed E-state index contributed by atoms with van der Waals surface area (Å²) >= 11 is 0. The van der Waals surface area contributed by atoms with Gasteiger partial charge in [-0.3, -0.25) is 14.5 Å². The molecule has 2 N–H and O–H groups in total. The van der Waals surface area contributed by atoms with Gasteiger partial charge >= 0.3 is 6.03 Å². The van der Waals surface area contributed by atoms with Crippen molar-refractivity contribution in [2.75, 3.05) is 45.3 Å². The maximum absolute atomic E-state index is 13.1. The van der Waals surface area contributed by atoms with Crippen molar-refractivity contribution in [3.05, 3.63) is 42.4 Å². The zero-order valence-corrected chi connectivity index (χ0v) is 19.4. The maximum Gasteiger partial charge on any atom is 0.325 e. The highest BCUT2D eigenvalue weighted by molar-refractivity contribution is 7.89. The maximum atomic E-state index is 13.1. The Kier molecular flexibility index (Phi) is 6.34. The second kappa shape index (κ2) is 9.08. The van der Waals surface area contributed by atoms with Crippen LogP contribution < -0.4 is 15.4 Å². The number of furan rings is 1. The van der Waals surface area contributed by atoms with Gasteiger partial charge < -0.3 is 24.5 Å². The van der Waals surface area contributed by atoms with Crippen LogP contribution in [0.2, 0.25) is 0 Å². The second-order valence-corrected chi connectivity index (χ2v) is 9.76.